The summed E-state index contributed by atoms with van der Waals surface area (Å²) in [6, 6.07) is 0. The molecular formula is C7H11N3O2. The molecule has 0 saturated carbocycles. The Balaban J connectivity index is 2.60. The maximum atomic E-state index is 11.2. The van der Waals surface area contributed by atoms with Gasteiger partial charge in [0.2, 0.25) is 5.91 Å². The van der Waals surface area contributed by atoms with E-state index in [-0.39, 0.29) is 5.91 Å². The zero-order chi connectivity index (χ0) is 9.19. The molecule has 5 heteroatoms. The van der Waals surface area contributed by atoms with E-state index in [4.69, 9.17) is 5.73 Å². The van der Waals surface area contributed by atoms with Crippen LogP contribution in [0.4, 0.5) is 5.69 Å². The molecule has 0 unspecified atom stereocenters. The van der Waals surface area contributed by atoms with Gasteiger partial charge in [0.15, 0.2) is 0 Å². The molecule has 0 atom stereocenters. The van der Waals surface area contributed by atoms with E-state index in [0.717, 1.165) is 0 Å². The Kier molecular flexibility index (Phi) is 2.14. The molecule has 1 aromatic rings. The van der Waals surface area contributed by atoms with Gasteiger partial charge in [-0.15, -0.1) is 0 Å². The summed E-state index contributed by atoms with van der Waals surface area (Å²) < 4.78 is 4.52. The highest BCUT2D eigenvalue weighted by molar-refractivity contribution is 5.96. The van der Waals surface area contributed by atoms with Crippen LogP contribution in [-0.4, -0.2) is 16.6 Å². The fourth-order valence-corrected chi connectivity index (χ4v) is 0.559. The summed E-state index contributed by atoms with van der Waals surface area (Å²) in [5.41, 5.74) is 5.15. The molecule has 3 N–H and O–H groups in total. The van der Waals surface area contributed by atoms with Crippen molar-refractivity contribution in [3.63, 3.8) is 0 Å². The second-order valence-corrected chi connectivity index (χ2v) is 3.09. The molecule has 0 spiro atoms. The first-order valence-electron chi connectivity index (χ1n) is 3.50. The topological polar surface area (TPSA) is 81.2 Å². The maximum Gasteiger partial charge on any atom is 0.244 e. The van der Waals surface area contributed by atoms with E-state index < -0.39 is 5.54 Å². The predicted molar refractivity (Wildman–Crippen MR) is 43.4 cm³/mol. The first-order chi connectivity index (χ1) is 5.50. The normalized spacial score (nSPS) is 11.2. The SMILES string of the molecule is CC(C)(N)C(=O)Nc1cnoc1. The van der Waals surface area contributed by atoms with Gasteiger partial charge in [-0.05, 0) is 13.8 Å². The lowest BCUT2D eigenvalue weighted by Gasteiger charge is -2.16. The number of hydrogen-bond acceptors (Lipinski definition) is 4. The van der Waals surface area contributed by atoms with Crippen molar-refractivity contribution in [3.8, 4) is 0 Å². The first kappa shape index (κ1) is 8.73. The number of nitrogens with two attached hydrogens (primary N) is 1. The number of nitrogens with zero attached hydrogens (tertiary/aromatic N) is 1. The quantitative estimate of drug-likeness (QED) is 0.669. The molecule has 0 aliphatic rings. The molecule has 0 radical (unpaired) electrons. The van der Waals surface area contributed by atoms with Gasteiger partial charge < -0.3 is 15.6 Å². The number of carbonyl (C=O) groups excluding carboxylic acids is 1. The average molecular weight is 169 g/mol. The summed E-state index contributed by atoms with van der Waals surface area (Å²) in [5, 5.41) is 5.97. The summed E-state index contributed by atoms with van der Waals surface area (Å²) >= 11 is 0. The van der Waals surface area contributed by atoms with Crippen molar-refractivity contribution in [2.24, 2.45) is 5.73 Å². The van der Waals surface area contributed by atoms with Gasteiger partial charge in [0.25, 0.3) is 0 Å². The number of hydrogen-bond donors (Lipinski definition) is 2. The third kappa shape index (κ3) is 2.06. The third-order valence-electron chi connectivity index (χ3n) is 1.28. The van der Waals surface area contributed by atoms with Crippen molar-refractivity contribution in [2.45, 2.75) is 19.4 Å². The summed E-state index contributed by atoms with van der Waals surface area (Å²) in [6.45, 7) is 3.24. The number of nitrogens with one attached hydrogen (secondary N) is 1. The molecule has 1 heterocycles. The minimum Gasteiger partial charge on any atom is -0.363 e. The second kappa shape index (κ2) is 2.94. The Morgan fingerprint density at radius 1 is 1.75 bits per heavy atom. The van der Waals surface area contributed by atoms with Gasteiger partial charge in [-0.3, -0.25) is 4.79 Å². The van der Waals surface area contributed by atoms with Crippen LogP contribution in [0.1, 0.15) is 13.8 Å². The number of rotatable bonds is 2. The number of amides is 1. The zero-order valence-corrected chi connectivity index (χ0v) is 7.00. The molecule has 0 aromatic carbocycles. The van der Waals surface area contributed by atoms with E-state index in [1.807, 2.05) is 0 Å². The van der Waals surface area contributed by atoms with Crippen LogP contribution in [0, 0.1) is 0 Å². The number of carbonyl (C=O) groups is 1. The standard InChI is InChI=1S/C7H11N3O2/c1-7(2,8)6(11)10-5-3-9-12-4-5/h3-4H,8H2,1-2H3,(H,10,11). The van der Waals surface area contributed by atoms with Gasteiger partial charge in [0.05, 0.1) is 11.7 Å². The van der Waals surface area contributed by atoms with Crippen LogP contribution in [0.15, 0.2) is 17.0 Å². The highest BCUT2D eigenvalue weighted by atomic mass is 16.5. The van der Waals surface area contributed by atoms with Crippen molar-refractivity contribution in [1.29, 1.82) is 0 Å². The van der Waals surface area contributed by atoms with Crippen molar-refractivity contribution in [2.75, 3.05) is 5.32 Å². The molecule has 66 valence electrons. The Morgan fingerprint density at radius 2 is 2.42 bits per heavy atom. The van der Waals surface area contributed by atoms with Gasteiger partial charge in [-0.25, -0.2) is 0 Å². The van der Waals surface area contributed by atoms with Crippen LogP contribution in [-0.2, 0) is 4.79 Å². The fraction of sp³-hybridized carbons (Fsp3) is 0.429. The van der Waals surface area contributed by atoms with Crippen LogP contribution in [0.5, 0.6) is 0 Å². The van der Waals surface area contributed by atoms with Crippen LogP contribution in [0.25, 0.3) is 0 Å². The van der Waals surface area contributed by atoms with E-state index in [1.54, 1.807) is 13.8 Å². The van der Waals surface area contributed by atoms with Gasteiger partial charge in [0.1, 0.15) is 12.0 Å². The summed E-state index contributed by atoms with van der Waals surface area (Å²) in [6.07, 6.45) is 2.74. The van der Waals surface area contributed by atoms with Gasteiger partial charge >= 0.3 is 0 Å². The molecule has 1 amide bonds. The first-order valence-corrected chi connectivity index (χ1v) is 3.50. The second-order valence-electron chi connectivity index (χ2n) is 3.09. The molecule has 0 saturated heterocycles. The van der Waals surface area contributed by atoms with Crippen molar-refractivity contribution in [1.82, 2.24) is 5.16 Å². The lowest BCUT2D eigenvalue weighted by molar-refractivity contribution is -0.120. The molecule has 1 rings (SSSR count). The monoisotopic (exact) mass is 169 g/mol. The van der Waals surface area contributed by atoms with Gasteiger partial charge in [-0.1, -0.05) is 5.16 Å². The molecule has 0 aliphatic heterocycles. The van der Waals surface area contributed by atoms with Crippen molar-refractivity contribution >= 4 is 11.6 Å². The lowest BCUT2D eigenvalue weighted by atomic mass is 10.1. The predicted octanol–water partition coefficient (Wildman–Crippen LogP) is 0.350. The van der Waals surface area contributed by atoms with Crippen LogP contribution >= 0.6 is 0 Å². The molecule has 0 aliphatic carbocycles. The van der Waals surface area contributed by atoms with Crippen LogP contribution < -0.4 is 11.1 Å². The Hall–Kier alpha value is -1.36. The Bertz CT molecular complexity index is 261. The maximum absolute atomic E-state index is 11.2. The molecular weight excluding hydrogens is 158 g/mol. The average Bonchev–Trinajstić information content (AvgIpc) is 2.37. The highest BCUT2D eigenvalue weighted by Crippen LogP contribution is 2.07. The van der Waals surface area contributed by atoms with Crippen LogP contribution in [0.2, 0.25) is 0 Å². The molecule has 5 nitrogen and oxygen atoms in total. The number of aromatic nitrogens is 1. The fourth-order valence-electron chi connectivity index (χ4n) is 0.559. The van der Waals surface area contributed by atoms with Crippen LogP contribution in [0.3, 0.4) is 0 Å². The highest BCUT2D eigenvalue weighted by Gasteiger charge is 2.21. The van der Waals surface area contributed by atoms with E-state index in [2.05, 4.69) is 15.0 Å². The lowest BCUT2D eigenvalue weighted by Crippen LogP contribution is -2.45. The molecule has 1 aromatic heterocycles. The van der Waals surface area contributed by atoms with E-state index in [9.17, 15) is 4.79 Å². The van der Waals surface area contributed by atoms with E-state index in [1.165, 1.54) is 12.5 Å². The third-order valence-corrected chi connectivity index (χ3v) is 1.28. The minimum atomic E-state index is -0.892. The minimum absolute atomic E-state index is 0.272. The van der Waals surface area contributed by atoms with E-state index >= 15 is 0 Å². The number of anilines is 1. The van der Waals surface area contributed by atoms with Crippen molar-refractivity contribution in [3.05, 3.63) is 12.5 Å². The largest absolute Gasteiger partial charge is 0.363 e. The summed E-state index contributed by atoms with van der Waals surface area (Å²) in [5.74, 6) is -0.272. The van der Waals surface area contributed by atoms with Gasteiger partial charge in [0, 0.05) is 0 Å². The summed E-state index contributed by atoms with van der Waals surface area (Å²) in [7, 11) is 0. The smallest absolute Gasteiger partial charge is 0.244 e. The summed E-state index contributed by atoms with van der Waals surface area (Å²) in [4.78, 5) is 11.2. The van der Waals surface area contributed by atoms with Gasteiger partial charge in [-0.2, -0.15) is 0 Å². The van der Waals surface area contributed by atoms with E-state index in [0.29, 0.717) is 5.69 Å². The Labute approximate surface area is 69.9 Å². The molecule has 12 heavy (non-hydrogen) atoms. The van der Waals surface area contributed by atoms with Crippen molar-refractivity contribution < 1.29 is 9.32 Å². The molecule has 0 fully saturated rings. The zero-order valence-electron chi connectivity index (χ0n) is 7.00. The molecule has 0 bridgehead atoms. The Morgan fingerprint density at radius 3 is 2.83 bits per heavy atom.